The Morgan fingerprint density at radius 1 is 0.917 bits per heavy atom. The van der Waals surface area contributed by atoms with Crippen LogP contribution in [-0.4, -0.2) is 9.97 Å². The van der Waals surface area contributed by atoms with E-state index in [2.05, 4.69) is 33.6 Å². The van der Waals surface area contributed by atoms with E-state index in [1.54, 1.807) is 12.1 Å². The molecule has 0 saturated heterocycles. The highest BCUT2D eigenvalue weighted by atomic mass is 19.1. The molecule has 0 spiro atoms. The first kappa shape index (κ1) is 15.9. The van der Waals surface area contributed by atoms with Gasteiger partial charge in [-0.15, -0.1) is 0 Å². The fraction of sp³-hybridized carbons (Fsp3) is 0.158. The molecule has 0 radical (unpaired) electrons. The van der Waals surface area contributed by atoms with Crippen molar-refractivity contribution in [2.45, 2.75) is 20.3 Å². The highest BCUT2D eigenvalue weighted by Crippen LogP contribution is 2.23. The fourth-order valence-corrected chi connectivity index (χ4v) is 2.47. The number of halogens is 1. The van der Waals surface area contributed by atoms with Gasteiger partial charge in [0, 0.05) is 17.4 Å². The second-order valence-electron chi connectivity index (χ2n) is 5.45. The lowest BCUT2D eigenvalue weighted by Gasteiger charge is -2.12. The van der Waals surface area contributed by atoms with Gasteiger partial charge < -0.3 is 10.6 Å². The minimum atomic E-state index is -0.266. The second kappa shape index (κ2) is 7.08. The van der Waals surface area contributed by atoms with Crippen LogP contribution in [0.4, 0.5) is 27.4 Å². The van der Waals surface area contributed by atoms with Crippen molar-refractivity contribution in [2.75, 3.05) is 10.6 Å². The van der Waals surface area contributed by atoms with Crippen LogP contribution in [0.2, 0.25) is 0 Å². The smallest absolute Gasteiger partial charge is 0.136 e. The minimum absolute atomic E-state index is 0.266. The van der Waals surface area contributed by atoms with Gasteiger partial charge in [-0.25, -0.2) is 14.4 Å². The molecular weight excluding hydrogens is 303 g/mol. The number of anilines is 4. The summed E-state index contributed by atoms with van der Waals surface area (Å²) in [6.07, 6.45) is 0.938. The normalized spacial score (nSPS) is 10.5. The Morgan fingerprint density at radius 3 is 2.29 bits per heavy atom. The van der Waals surface area contributed by atoms with E-state index in [0.29, 0.717) is 17.5 Å². The highest BCUT2D eigenvalue weighted by Gasteiger charge is 2.05. The molecule has 0 unspecified atom stereocenters. The number of hydrogen-bond acceptors (Lipinski definition) is 4. The summed E-state index contributed by atoms with van der Waals surface area (Å²) < 4.78 is 13.0. The van der Waals surface area contributed by atoms with E-state index in [1.165, 1.54) is 17.7 Å². The predicted molar refractivity (Wildman–Crippen MR) is 95.6 cm³/mol. The Kier molecular flexibility index (Phi) is 4.70. The number of aromatic nitrogens is 2. The van der Waals surface area contributed by atoms with E-state index in [4.69, 9.17) is 0 Å². The monoisotopic (exact) mass is 322 g/mol. The molecule has 3 aromatic rings. The zero-order valence-electron chi connectivity index (χ0n) is 13.7. The van der Waals surface area contributed by atoms with Gasteiger partial charge in [0.25, 0.3) is 0 Å². The van der Waals surface area contributed by atoms with E-state index in [-0.39, 0.29) is 5.82 Å². The molecule has 1 aromatic heterocycles. The zero-order chi connectivity index (χ0) is 16.9. The van der Waals surface area contributed by atoms with Crippen LogP contribution in [0.1, 0.15) is 18.3 Å². The summed E-state index contributed by atoms with van der Waals surface area (Å²) in [6, 6.07) is 16.1. The van der Waals surface area contributed by atoms with Crippen molar-refractivity contribution in [2.24, 2.45) is 0 Å². The van der Waals surface area contributed by atoms with Gasteiger partial charge in [0.15, 0.2) is 0 Å². The van der Waals surface area contributed by atoms with Crippen molar-refractivity contribution in [3.05, 3.63) is 71.8 Å². The Balaban J connectivity index is 1.84. The maximum atomic E-state index is 13.0. The molecule has 0 aliphatic carbocycles. The average molecular weight is 322 g/mol. The number of rotatable bonds is 5. The lowest BCUT2D eigenvalue weighted by Crippen LogP contribution is -2.02. The summed E-state index contributed by atoms with van der Waals surface area (Å²) in [6.45, 7) is 3.96. The van der Waals surface area contributed by atoms with Crippen molar-refractivity contribution in [3.63, 3.8) is 0 Å². The second-order valence-corrected chi connectivity index (χ2v) is 5.45. The predicted octanol–water partition coefficient (Wildman–Crippen LogP) is 4.97. The molecule has 5 heteroatoms. The maximum absolute atomic E-state index is 13.0. The molecule has 1 heterocycles. The van der Waals surface area contributed by atoms with Crippen LogP contribution in [0.15, 0.2) is 54.6 Å². The summed E-state index contributed by atoms with van der Waals surface area (Å²) in [5.41, 5.74) is 3.03. The summed E-state index contributed by atoms with van der Waals surface area (Å²) in [5.74, 6) is 1.76. The number of benzene rings is 2. The summed E-state index contributed by atoms with van der Waals surface area (Å²) in [5, 5.41) is 6.52. The van der Waals surface area contributed by atoms with Gasteiger partial charge in [0.1, 0.15) is 23.3 Å². The Morgan fingerprint density at radius 2 is 1.58 bits per heavy atom. The molecule has 2 aromatic carbocycles. The van der Waals surface area contributed by atoms with Crippen molar-refractivity contribution < 1.29 is 4.39 Å². The van der Waals surface area contributed by atoms with Gasteiger partial charge in [0.2, 0.25) is 0 Å². The average Bonchev–Trinajstić information content (AvgIpc) is 2.57. The number of nitrogens with one attached hydrogen (secondary N) is 2. The molecule has 4 nitrogen and oxygen atoms in total. The van der Waals surface area contributed by atoms with E-state index in [9.17, 15) is 4.39 Å². The molecule has 0 atom stereocenters. The van der Waals surface area contributed by atoms with E-state index in [1.807, 2.05) is 31.2 Å². The van der Waals surface area contributed by atoms with Crippen LogP contribution < -0.4 is 10.6 Å². The third-order valence-corrected chi connectivity index (χ3v) is 3.62. The molecule has 0 amide bonds. The molecule has 0 saturated carbocycles. The summed E-state index contributed by atoms with van der Waals surface area (Å²) >= 11 is 0. The SMILES string of the molecule is CCc1ccccc1Nc1cc(Nc2ccc(F)cc2)nc(C)n1. The van der Waals surface area contributed by atoms with E-state index < -0.39 is 0 Å². The van der Waals surface area contributed by atoms with Crippen molar-refractivity contribution in [1.29, 1.82) is 0 Å². The maximum Gasteiger partial charge on any atom is 0.136 e. The van der Waals surface area contributed by atoms with Crippen molar-refractivity contribution in [3.8, 4) is 0 Å². The van der Waals surface area contributed by atoms with Gasteiger partial charge in [0.05, 0.1) is 0 Å². The molecular formula is C19H19FN4. The molecule has 0 aliphatic heterocycles. The molecule has 24 heavy (non-hydrogen) atoms. The third kappa shape index (κ3) is 3.87. The van der Waals surface area contributed by atoms with E-state index in [0.717, 1.165) is 17.8 Å². The van der Waals surface area contributed by atoms with Crippen LogP contribution in [0, 0.1) is 12.7 Å². The van der Waals surface area contributed by atoms with Crippen LogP contribution in [0.3, 0.4) is 0 Å². The zero-order valence-corrected chi connectivity index (χ0v) is 13.7. The number of aryl methyl sites for hydroxylation is 2. The summed E-state index contributed by atoms with van der Waals surface area (Å²) in [7, 11) is 0. The fourth-order valence-electron chi connectivity index (χ4n) is 2.47. The lowest BCUT2D eigenvalue weighted by molar-refractivity contribution is 0.628. The standard InChI is InChI=1S/C19H19FN4/c1-3-14-6-4-5-7-17(14)24-19-12-18(21-13(2)22-19)23-16-10-8-15(20)9-11-16/h4-12H,3H2,1-2H3,(H2,21,22,23,24). The topological polar surface area (TPSA) is 49.8 Å². The number of hydrogen-bond donors (Lipinski definition) is 2. The Labute approximate surface area is 140 Å². The minimum Gasteiger partial charge on any atom is -0.340 e. The van der Waals surface area contributed by atoms with Crippen LogP contribution in [0.25, 0.3) is 0 Å². The highest BCUT2D eigenvalue weighted by molar-refractivity contribution is 5.65. The van der Waals surface area contributed by atoms with Crippen molar-refractivity contribution >= 4 is 23.0 Å². The lowest BCUT2D eigenvalue weighted by atomic mass is 10.1. The van der Waals surface area contributed by atoms with Crippen LogP contribution >= 0.6 is 0 Å². The Hall–Kier alpha value is -2.95. The van der Waals surface area contributed by atoms with Gasteiger partial charge in [-0.3, -0.25) is 0 Å². The molecule has 122 valence electrons. The third-order valence-electron chi connectivity index (χ3n) is 3.62. The van der Waals surface area contributed by atoms with E-state index >= 15 is 0 Å². The molecule has 0 bridgehead atoms. The van der Waals surface area contributed by atoms with Gasteiger partial charge in [-0.05, 0) is 49.2 Å². The first-order chi connectivity index (χ1) is 11.6. The molecule has 3 rings (SSSR count). The van der Waals surface area contributed by atoms with Gasteiger partial charge in [-0.2, -0.15) is 0 Å². The molecule has 0 aliphatic rings. The summed E-state index contributed by atoms with van der Waals surface area (Å²) in [4.78, 5) is 8.82. The molecule has 0 fully saturated rings. The first-order valence-corrected chi connectivity index (χ1v) is 7.87. The van der Waals surface area contributed by atoms with Gasteiger partial charge >= 0.3 is 0 Å². The first-order valence-electron chi connectivity index (χ1n) is 7.87. The number of para-hydroxylation sites is 1. The number of nitrogens with zero attached hydrogens (tertiary/aromatic N) is 2. The largest absolute Gasteiger partial charge is 0.340 e. The van der Waals surface area contributed by atoms with Crippen molar-refractivity contribution in [1.82, 2.24) is 9.97 Å². The molecule has 2 N–H and O–H groups in total. The van der Waals surface area contributed by atoms with Crippen LogP contribution in [0.5, 0.6) is 0 Å². The Bertz CT molecular complexity index is 831. The van der Waals surface area contributed by atoms with Crippen LogP contribution in [-0.2, 0) is 6.42 Å². The van der Waals surface area contributed by atoms with Gasteiger partial charge in [-0.1, -0.05) is 25.1 Å². The quantitative estimate of drug-likeness (QED) is 0.696.